The van der Waals surface area contributed by atoms with E-state index in [0.29, 0.717) is 13.2 Å². The SMILES string of the molecule is COCOC(CCCCC1CCCCC1)CCc1ccc(C(C)(C)C)c(NC(=O)CC2c3ccccc3Oc3ccccc32)c1. The number of rotatable bonds is 14. The van der Waals surface area contributed by atoms with E-state index < -0.39 is 0 Å². The van der Waals surface area contributed by atoms with Gasteiger partial charge in [-0.05, 0) is 59.9 Å². The van der Waals surface area contributed by atoms with Crippen LogP contribution in [0.25, 0.3) is 0 Å². The molecule has 0 bridgehead atoms. The molecular weight excluding hydrogens is 558 g/mol. The molecule has 1 atom stereocenters. The molecule has 1 aliphatic carbocycles. The maximum Gasteiger partial charge on any atom is 0.225 e. The van der Waals surface area contributed by atoms with E-state index in [1.165, 1.54) is 56.9 Å². The van der Waals surface area contributed by atoms with Gasteiger partial charge >= 0.3 is 0 Å². The van der Waals surface area contributed by atoms with E-state index in [4.69, 9.17) is 14.2 Å². The van der Waals surface area contributed by atoms with Crippen molar-refractivity contribution in [1.29, 1.82) is 0 Å². The number of anilines is 1. The Balaban J connectivity index is 1.24. The summed E-state index contributed by atoms with van der Waals surface area (Å²) in [7, 11) is 1.69. The van der Waals surface area contributed by atoms with Crippen molar-refractivity contribution in [2.24, 2.45) is 5.92 Å². The van der Waals surface area contributed by atoms with Gasteiger partial charge in [0.15, 0.2) is 0 Å². The molecular formula is C40H53NO4. The van der Waals surface area contributed by atoms with Crippen molar-refractivity contribution in [3.8, 4) is 11.5 Å². The third kappa shape index (κ3) is 9.20. The highest BCUT2D eigenvalue weighted by Gasteiger charge is 2.29. The number of benzene rings is 3. The standard InChI is InChI=1S/C40H53NO4/c1-40(2,3)35-25-23-30(22-24-31(44-28-43-4)17-9-8-16-29-14-6-5-7-15-29)26-36(35)41-39(42)27-34-32-18-10-12-20-37(32)45-38-21-13-11-19-33(34)38/h10-13,18-21,23,25-26,29,31,34H,5-9,14-17,22,24,27-28H2,1-4H3,(H,41,42). The van der Waals surface area contributed by atoms with Crippen LogP contribution in [0, 0.1) is 5.92 Å². The molecule has 3 aromatic rings. The Labute approximate surface area is 271 Å². The number of carbonyl (C=O) groups excluding carboxylic acids is 1. The minimum Gasteiger partial charge on any atom is -0.457 e. The van der Waals surface area contributed by atoms with Crippen molar-refractivity contribution in [1.82, 2.24) is 0 Å². The Morgan fingerprint density at radius 1 is 0.911 bits per heavy atom. The summed E-state index contributed by atoms with van der Waals surface area (Å²) in [4.78, 5) is 13.8. The Kier molecular flexibility index (Phi) is 11.7. The first-order valence-corrected chi connectivity index (χ1v) is 17.2. The van der Waals surface area contributed by atoms with Gasteiger partial charge in [-0.1, -0.05) is 121 Å². The Bertz CT molecular complexity index is 1340. The summed E-state index contributed by atoms with van der Waals surface area (Å²) < 4.78 is 17.6. The molecule has 0 aromatic heterocycles. The van der Waals surface area contributed by atoms with Crippen molar-refractivity contribution in [3.05, 3.63) is 89.0 Å². The summed E-state index contributed by atoms with van der Waals surface area (Å²) in [6.45, 7) is 6.93. The molecule has 1 saturated carbocycles. The van der Waals surface area contributed by atoms with Gasteiger partial charge in [-0.25, -0.2) is 0 Å². The van der Waals surface area contributed by atoms with Crippen LogP contribution in [0.5, 0.6) is 11.5 Å². The van der Waals surface area contributed by atoms with E-state index in [1.807, 2.05) is 36.4 Å². The molecule has 1 aliphatic heterocycles. The number of amides is 1. The van der Waals surface area contributed by atoms with Gasteiger partial charge in [0.2, 0.25) is 5.91 Å². The van der Waals surface area contributed by atoms with Crippen molar-refractivity contribution >= 4 is 11.6 Å². The number of fused-ring (bicyclic) bond motifs is 2. The first-order valence-electron chi connectivity index (χ1n) is 17.2. The lowest BCUT2D eigenvalue weighted by Crippen LogP contribution is -2.22. The molecule has 5 nitrogen and oxygen atoms in total. The number of para-hydroxylation sites is 2. The average Bonchev–Trinajstić information content (AvgIpc) is 3.04. The van der Waals surface area contributed by atoms with E-state index in [1.54, 1.807) is 7.11 Å². The van der Waals surface area contributed by atoms with Gasteiger partial charge in [-0.2, -0.15) is 0 Å². The van der Waals surface area contributed by atoms with Crippen LogP contribution in [0.1, 0.15) is 120 Å². The maximum absolute atomic E-state index is 13.8. The molecule has 1 fully saturated rings. The number of unbranched alkanes of at least 4 members (excludes halogenated alkanes) is 1. The highest BCUT2D eigenvalue weighted by Crippen LogP contribution is 2.45. The monoisotopic (exact) mass is 611 g/mol. The van der Waals surface area contributed by atoms with Gasteiger partial charge in [0, 0.05) is 36.3 Å². The van der Waals surface area contributed by atoms with Crippen molar-refractivity contribution < 1.29 is 19.0 Å². The highest BCUT2D eigenvalue weighted by molar-refractivity contribution is 5.93. The van der Waals surface area contributed by atoms with Crippen LogP contribution in [0.15, 0.2) is 66.7 Å². The lowest BCUT2D eigenvalue weighted by molar-refractivity contribution is -0.116. The number of aryl methyl sites for hydroxylation is 1. The van der Waals surface area contributed by atoms with Crippen molar-refractivity contribution in [2.75, 3.05) is 19.2 Å². The normalized spacial score (nSPS) is 16.0. The van der Waals surface area contributed by atoms with E-state index in [0.717, 1.165) is 59.1 Å². The number of carbonyl (C=O) groups is 1. The number of hydrogen-bond donors (Lipinski definition) is 1. The summed E-state index contributed by atoms with van der Waals surface area (Å²) in [5.41, 5.74) is 5.26. The molecule has 2 aliphatic rings. The number of hydrogen-bond acceptors (Lipinski definition) is 4. The zero-order valence-corrected chi connectivity index (χ0v) is 27.9. The van der Waals surface area contributed by atoms with E-state index in [9.17, 15) is 4.79 Å². The zero-order chi connectivity index (χ0) is 31.6. The summed E-state index contributed by atoms with van der Waals surface area (Å²) in [5.74, 6) is 2.52. The summed E-state index contributed by atoms with van der Waals surface area (Å²) in [5, 5.41) is 3.33. The molecule has 1 heterocycles. The summed E-state index contributed by atoms with van der Waals surface area (Å²) >= 11 is 0. The van der Waals surface area contributed by atoms with Crippen LogP contribution < -0.4 is 10.1 Å². The van der Waals surface area contributed by atoms with Gasteiger partial charge in [-0.3, -0.25) is 4.79 Å². The van der Waals surface area contributed by atoms with Crippen LogP contribution in [0.4, 0.5) is 5.69 Å². The molecule has 0 radical (unpaired) electrons. The Morgan fingerprint density at radius 2 is 1.60 bits per heavy atom. The first-order chi connectivity index (χ1) is 21.8. The van der Waals surface area contributed by atoms with Gasteiger partial charge in [0.05, 0.1) is 6.10 Å². The third-order valence-corrected chi connectivity index (χ3v) is 9.65. The second-order valence-corrected chi connectivity index (χ2v) is 14.1. The van der Waals surface area contributed by atoms with Crippen LogP contribution in [-0.4, -0.2) is 25.9 Å². The molecule has 1 unspecified atom stereocenters. The van der Waals surface area contributed by atoms with Crippen molar-refractivity contribution in [3.63, 3.8) is 0 Å². The fourth-order valence-corrected chi connectivity index (χ4v) is 7.20. The van der Waals surface area contributed by atoms with E-state index >= 15 is 0 Å². The number of ether oxygens (including phenoxy) is 3. The van der Waals surface area contributed by atoms with Crippen LogP contribution in [0.2, 0.25) is 0 Å². The first kappa shape index (κ1) is 33.2. The lowest BCUT2D eigenvalue weighted by Gasteiger charge is -2.28. The minimum atomic E-state index is -0.110. The van der Waals surface area contributed by atoms with E-state index in [-0.39, 0.29) is 23.3 Å². The predicted octanol–water partition coefficient (Wildman–Crippen LogP) is 10.3. The fraction of sp³-hybridized carbons (Fsp3) is 0.525. The highest BCUT2D eigenvalue weighted by atomic mass is 16.7. The molecule has 0 saturated heterocycles. The Hall–Kier alpha value is -3.15. The zero-order valence-electron chi connectivity index (χ0n) is 27.9. The molecule has 1 amide bonds. The molecule has 3 aromatic carbocycles. The largest absolute Gasteiger partial charge is 0.457 e. The van der Waals surface area contributed by atoms with Crippen LogP contribution >= 0.6 is 0 Å². The number of nitrogens with one attached hydrogen (secondary N) is 1. The summed E-state index contributed by atoms with van der Waals surface area (Å²) in [6.07, 6.45) is 14.3. The minimum absolute atomic E-state index is 0.00780. The fourth-order valence-electron chi connectivity index (χ4n) is 7.20. The molecule has 242 valence electrons. The van der Waals surface area contributed by atoms with Gasteiger partial charge < -0.3 is 19.5 Å². The van der Waals surface area contributed by atoms with Gasteiger partial charge in [0.1, 0.15) is 18.3 Å². The molecule has 5 heteroatoms. The smallest absolute Gasteiger partial charge is 0.225 e. The van der Waals surface area contributed by atoms with E-state index in [2.05, 4.69) is 56.4 Å². The topological polar surface area (TPSA) is 56.8 Å². The van der Waals surface area contributed by atoms with Gasteiger partial charge in [-0.15, -0.1) is 0 Å². The molecule has 0 spiro atoms. The average molecular weight is 612 g/mol. The third-order valence-electron chi connectivity index (χ3n) is 9.65. The lowest BCUT2D eigenvalue weighted by atomic mass is 9.84. The predicted molar refractivity (Wildman–Crippen MR) is 183 cm³/mol. The van der Waals surface area contributed by atoms with Crippen LogP contribution in [-0.2, 0) is 26.1 Å². The van der Waals surface area contributed by atoms with Crippen molar-refractivity contribution in [2.45, 2.75) is 115 Å². The molecule has 5 rings (SSSR count). The second-order valence-electron chi connectivity index (χ2n) is 14.1. The van der Waals surface area contributed by atoms with Gasteiger partial charge in [0.25, 0.3) is 0 Å². The summed E-state index contributed by atoms with van der Waals surface area (Å²) in [6, 6.07) is 22.7. The number of methoxy groups -OCH3 is 1. The van der Waals surface area contributed by atoms with Crippen LogP contribution in [0.3, 0.4) is 0 Å². The molecule has 45 heavy (non-hydrogen) atoms. The quantitative estimate of drug-likeness (QED) is 0.146. The second kappa shape index (κ2) is 15.9. The molecule has 1 N–H and O–H groups in total. The Morgan fingerprint density at radius 3 is 2.27 bits per heavy atom. The maximum atomic E-state index is 13.8.